The molecule has 5 rings (SSSR count). The van der Waals surface area contributed by atoms with Crippen molar-refractivity contribution in [2.45, 2.75) is 52.0 Å². The summed E-state index contributed by atoms with van der Waals surface area (Å²) in [6.07, 6.45) is 5.90. The Morgan fingerprint density at radius 2 is 1.88 bits per heavy atom. The Bertz CT molecular complexity index is 1250. The lowest BCUT2D eigenvalue weighted by Crippen LogP contribution is -2.26. The average molecular weight is 428 g/mol. The zero-order valence-corrected chi connectivity index (χ0v) is 18.3. The molecule has 0 aliphatic carbocycles. The van der Waals surface area contributed by atoms with E-state index in [0.29, 0.717) is 12.2 Å². The van der Waals surface area contributed by atoms with E-state index in [2.05, 4.69) is 62.6 Å². The summed E-state index contributed by atoms with van der Waals surface area (Å²) in [6, 6.07) is 16.5. The number of aromatic amines is 1. The number of nitrogens with zero attached hydrogens (tertiary/aromatic N) is 5. The molecule has 7 heteroatoms. The fourth-order valence-corrected chi connectivity index (χ4v) is 4.56. The standard InChI is InChI=1S/C25H27N6O/c1-2-3-10-23-22(25(32)31-16-7-6-15-30(23)31)17-18-11-13-19(14-12-18)20-8-4-5-9-21(20)24-26-28-29-27-24/h4-5,8-9,11-14,16H,2-3,6-7,10,15,17H2,1H3,(H,26,27,28,29). The van der Waals surface area contributed by atoms with E-state index in [9.17, 15) is 4.79 Å². The van der Waals surface area contributed by atoms with Crippen molar-refractivity contribution in [2.75, 3.05) is 0 Å². The van der Waals surface area contributed by atoms with E-state index in [1.54, 1.807) is 0 Å². The Morgan fingerprint density at radius 3 is 2.62 bits per heavy atom. The number of nitrogens with one attached hydrogen (secondary N) is 1. The highest BCUT2D eigenvalue weighted by Gasteiger charge is 2.22. The van der Waals surface area contributed by atoms with Crippen LogP contribution in [0.15, 0.2) is 53.3 Å². The molecule has 1 radical (unpaired) electrons. The predicted molar refractivity (Wildman–Crippen MR) is 124 cm³/mol. The maximum absolute atomic E-state index is 13.2. The second kappa shape index (κ2) is 8.94. The van der Waals surface area contributed by atoms with Crippen molar-refractivity contribution >= 4 is 0 Å². The van der Waals surface area contributed by atoms with Gasteiger partial charge in [0.1, 0.15) is 0 Å². The minimum Gasteiger partial charge on any atom is -0.286 e. The van der Waals surface area contributed by atoms with Crippen LogP contribution in [-0.2, 0) is 19.4 Å². The highest BCUT2D eigenvalue weighted by Crippen LogP contribution is 2.30. The van der Waals surface area contributed by atoms with E-state index < -0.39 is 0 Å². The highest BCUT2D eigenvalue weighted by molar-refractivity contribution is 5.80. The summed E-state index contributed by atoms with van der Waals surface area (Å²) in [5, 5.41) is 14.3. The summed E-state index contributed by atoms with van der Waals surface area (Å²) in [6.45, 7) is 5.17. The van der Waals surface area contributed by atoms with Gasteiger partial charge >= 0.3 is 0 Å². The molecular weight excluding hydrogens is 400 g/mol. The summed E-state index contributed by atoms with van der Waals surface area (Å²) in [7, 11) is 0. The fraction of sp³-hybridized carbons (Fsp3) is 0.320. The first-order valence-corrected chi connectivity index (χ1v) is 11.3. The molecule has 1 aliphatic rings. The average Bonchev–Trinajstić information content (AvgIpc) is 3.46. The summed E-state index contributed by atoms with van der Waals surface area (Å²) in [4.78, 5) is 13.2. The van der Waals surface area contributed by atoms with Crippen LogP contribution in [0.2, 0.25) is 0 Å². The van der Waals surface area contributed by atoms with Crippen LogP contribution in [0.3, 0.4) is 0 Å². The molecule has 0 saturated carbocycles. The first-order chi connectivity index (χ1) is 15.8. The van der Waals surface area contributed by atoms with Crippen LogP contribution in [0.4, 0.5) is 0 Å². The summed E-state index contributed by atoms with van der Waals surface area (Å²) >= 11 is 0. The Kier molecular flexibility index (Phi) is 5.71. The molecule has 1 aliphatic heterocycles. The van der Waals surface area contributed by atoms with Gasteiger partial charge in [0.25, 0.3) is 5.56 Å². The number of aromatic nitrogens is 6. The summed E-state index contributed by atoms with van der Waals surface area (Å²) < 4.78 is 4.05. The predicted octanol–water partition coefficient (Wildman–Crippen LogP) is 4.23. The molecule has 0 atom stereocenters. The summed E-state index contributed by atoms with van der Waals surface area (Å²) in [5.74, 6) is 0.647. The molecule has 2 aromatic carbocycles. The number of benzene rings is 2. The number of hydrogen-bond donors (Lipinski definition) is 1. The van der Waals surface area contributed by atoms with Gasteiger partial charge in [0.15, 0.2) is 5.82 Å². The fourth-order valence-electron chi connectivity index (χ4n) is 4.56. The quantitative estimate of drug-likeness (QED) is 0.478. The maximum atomic E-state index is 13.2. The van der Waals surface area contributed by atoms with Gasteiger partial charge in [-0.1, -0.05) is 61.9 Å². The molecule has 1 N–H and O–H groups in total. The molecule has 163 valence electrons. The van der Waals surface area contributed by atoms with Gasteiger partial charge in [-0.3, -0.25) is 9.48 Å². The zero-order chi connectivity index (χ0) is 21.9. The molecule has 3 heterocycles. The highest BCUT2D eigenvalue weighted by atomic mass is 16.1. The first kappa shape index (κ1) is 20.4. The van der Waals surface area contributed by atoms with Crippen LogP contribution in [-0.4, -0.2) is 30.0 Å². The smallest absolute Gasteiger partial charge is 0.270 e. The van der Waals surface area contributed by atoms with E-state index in [1.165, 1.54) is 5.69 Å². The van der Waals surface area contributed by atoms with Gasteiger partial charge in [0.05, 0.1) is 6.54 Å². The van der Waals surface area contributed by atoms with Gasteiger partial charge in [-0.2, -0.15) is 0 Å². The van der Waals surface area contributed by atoms with Crippen LogP contribution in [0.25, 0.3) is 22.5 Å². The molecule has 0 amide bonds. The maximum Gasteiger partial charge on any atom is 0.270 e. The van der Waals surface area contributed by atoms with Crippen LogP contribution in [0.5, 0.6) is 0 Å². The largest absolute Gasteiger partial charge is 0.286 e. The molecule has 32 heavy (non-hydrogen) atoms. The van der Waals surface area contributed by atoms with Gasteiger partial charge in [-0.05, 0) is 52.8 Å². The Morgan fingerprint density at radius 1 is 1.06 bits per heavy atom. The van der Waals surface area contributed by atoms with Crippen molar-refractivity contribution in [1.29, 1.82) is 0 Å². The molecule has 2 aromatic heterocycles. The van der Waals surface area contributed by atoms with E-state index >= 15 is 0 Å². The monoisotopic (exact) mass is 427 g/mol. The third kappa shape index (κ3) is 3.79. The minimum absolute atomic E-state index is 0.142. The molecule has 0 saturated heterocycles. The number of hydrogen-bond acceptors (Lipinski definition) is 4. The van der Waals surface area contributed by atoms with Gasteiger partial charge in [0, 0.05) is 29.8 Å². The normalized spacial score (nSPS) is 13.3. The third-order valence-electron chi connectivity index (χ3n) is 6.20. The molecule has 0 fully saturated rings. The zero-order valence-electron chi connectivity index (χ0n) is 18.3. The Labute approximate surface area is 187 Å². The van der Waals surface area contributed by atoms with Crippen molar-refractivity contribution in [2.24, 2.45) is 0 Å². The molecular formula is C25H27N6O. The Balaban J connectivity index is 1.46. The van der Waals surface area contributed by atoms with Crippen molar-refractivity contribution < 1.29 is 0 Å². The molecule has 7 nitrogen and oxygen atoms in total. The number of tetrazole rings is 1. The van der Waals surface area contributed by atoms with Gasteiger partial charge in [-0.25, -0.2) is 9.78 Å². The molecule has 0 bridgehead atoms. The number of unbranched alkanes of at least 4 members (excludes halogenated alkanes) is 1. The van der Waals surface area contributed by atoms with E-state index in [-0.39, 0.29) is 5.56 Å². The van der Waals surface area contributed by atoms with Crippen LogP contribution in [0.1, 0.15) is 49.4 Å². The van der Waals surface area contributed by atoms with E-state index in [0.717, 1.165) is 66.5 Å². The van der Waals surface area contributed by atoms with E-state index in [1.807, 2.05) is 29.4 Å². The topological polar surface area (TPSA) is 81.4 Å². The molecule has 0 unspecified atom stereocenters. The van der Waals surface area contributed by atoms with Crippen LogP contribution in [0, 0.1) is 6.54 Å². The van der Waals surface area contributed by atoms with Crippen LogP contribution < -0.4 is 5.56 Å². The van der Waals surface area contributed by atoms with Crippen molar-refractivity contribution in [1.82, 2.24) is 30.0 Å². The Hall–Kier alpha value is -3.48. The first-order valence-electron chi connectivity index (χ1n) is 11.3. The lowest BCUT2D eigenvalue weighted by atomic mass is 9.96. The summed E-state index contributed by atoms with van der Waals surface area (Å²) in [5.41, 5.74) is 6.55. The lowest BCUT2D eigenvalue weighted by Gasteiger charge is -2.19. The molecule has 4 aromatic rings. The van der Waals surface area contributed by atoms with Gasteiger partial charge in [-0.15, -0.1) is 5.10 Å². The third-order valence-corrected chi connectivity index (χ3v) is 6.20. The van der Waals surface area contributed by atoms with Gasteiger partial charge < -0.3 is 0 Å². The van der Waals surface area contributed by atoms with Crippen molar-refractivity contribution in [3.05, 3.63) is 82.3 Å². The number of fused-ring (bicyclic) bond motifs is 1. The van der Waals surface area contributed by atoms with Crippen LogP contribution >= 0.6 is 0 Å². The number of rotatable bonds is 7. The molecule has 0 spiro atoms. The second-order valence-electron chi connectivity index (χ2n) is 8.30. The minimum atomic E-state index is 0.142. The van der Waals surface area contributed by atoms with Gasteiger partial charge in [0.2, 0.25) is 0 Å². The van der Waals surface area contributed by atoms with Crippen molar-refractivity contribution in [3.8, 4) is 22.5 Å². The lowest BCUT2D eigenvalue weighted by molar-refractivity contribution is 0.419. The second-order valence-corrected chi connectivity index (χ2v) is 8.30. The van der Waals surface area contributed by atoms with E-state index in [4.69, 9.17) is 0 Å². The van der Waals surface area contributed by atoms with Crippen molar-refractivity contribution in [3.63, 3.8) is 0 Å². The SMILES string of the molecule is CCCCc1c(Cc2ccc(-c3ccccc3-c3nnn[nH]3)cc2)c(=O)n2n1CCC[CH]2. The number of H-pyrrole nitrogens is 1.